The highest BCUT2D eigenvalue weighted by atomic mass is 16.5. The van der Waals surface area contributed by atoms with Crippen LogP contribution in [0, 0.1) is 0 Å². The second-order valence-electron chi connectivity index (χ2n) is 7.62. The Morgan fingerprint density at radius 3 is 2.09 bits per heavy atom. The molecule has 3 atom stereocenters. The van der Waals surface area contributed by atoms with Crippen LogP contribution >= 0.6 is 0 Å². The Kier molecular flexibility index (Phi) is 6.69. The van der Waals surface area contributed by atoms with Crippen LogP contribution in [0.3, 0.4) is 0 Å². The lowest BCUT2D eigenvalue weighted by molar-refractivity contribution is -0.168. The van der Waals surface area contributed by atoms with E-state index in [0.29, 0.717) is 5.56 Å². The first-order valence-electron chi connectivity index (χ1n) is 10.6. The lowest BCUT2D eigenvalue weighted by Gasteiger charge is -2.50. The predicted octanol–water partition coefficient (Wildman–Crippen LogP) is 3.78. The summed E-state index contributed by atoms with van der Waals surface area (Å²) in [6.07, 6.45) is -0.702. The summed E-state index contributed by atoms with van der Waals surface area (Å²) in [6.45, 7) is 0.0854. The number of hydrogen-bond acceptors (Lipinski definition) is 5. The minimum atomic E-state index is -0.938. The van der Waals surface area contributed by atoms with Gasteiger partial charge in [-0.1, -0.05) is 91.0 Å². The summed E-state index contributed by atoms with van der Waals surface area (Å²) < 4.78 is 10.3. The molecule has 0 spiro atoms. The molecule has 1 fully saturated rings. The molecule has 168 valence electrons. The van der Waals surface area contributed by atoms with Crippen LogP contribution in [0.5, 0.6) is 0 Å². The van der Waals surface area contributed by atoms with E-state index in [4.69, 9.17) is 9.47 Å². The standard InChI is InChI=1S/C26H24N2O5/c1-32-25(30)23(20-15-9-4-10-16-20)28-22(19-13-7-3-8-14-19)21(24(28)29)27-26(31)33-17-18-11-5-2-6-12-18/h2-16,21-23H,17H2,1H3,(H,27,31). The molecule has 3 unspecified atom stereocenters. The minimum absolute atomic E-state index is 0.0854. The van der Waals surface area contributed by atoms with Crippen LogP contribution in [0.1, 0.15) is 28.8 Å². The van der Waals surface area contributed by atoms with Crippen LogP contribution in [0.25, 0.3) is 0 Å². The van der Waals surface area contributed by atoms with Crippen molar-refractivity contribution in [1.29, 1.82) is 0 Å². The van der Waals surface area contributed by atoms with Gasteiger partial charge >= 0.3 is 12.1 Å². The van der Waals surface area contributed by atoms with Gasteiger partial charge in [0.2, 0.25) is 5.91 Å². The Balaban J connectivity index is 1.57. The highest BCUT2D eigenvalue weighted by Gasteiger charge is 2.54. The van der Waals surface area contributed by atoms with Crippen molar-refractivity contribution in [2.75, 3.05) is 7.11 Å². The van der Waals surface area contributed by atoms with Crippen molar-refractivity contribution in [2.45, 2.75) is 24.7 Å². The van der Waals surface area contributed by atoms with E-state index in [1.54, 1.807) is 24.3 Å². The molecular formula is C26H24N2O5. The maximum Gasteiger partial charge on any atom is 0.408 e. The number of esters is 1. The van der Waals surface area contributed by atoms with E-state index in [0.717, 1.165) is 11.1 Å². The second-order valence-corrected chi connectivity index (χ2v) is 7.62. The molecule has 0 aromatic heterocycles. The van der Waals surface area contributed by atoms with Gasteiger partial charge < -0.3 is 19.7 Å². The highest BCUT2D eigenvalue weighted by molar-refractivity contribution is 5.96. The molecule has 1 N–H and O–H groups in total. The van der Waals surface area contributed by atoms with Gasteiger partial charge in [0.15, 0.2) is 6.04 Å². The van der Waals surface area contributed by atoms with Gasteiger partial charge in [0.25, 0.3) is 0 Å². The van der Waals surface area contributed by atoms with E-state index in [-0.39, 0.29) is 12.5 Å². The van der Waals surface area contributed by atoms with Crippen molar-refractivity contribution in [1.82, 2.24) is 10.2 Å². The highest BCUT2D eigenvalue weighted by Crippen LogP contribution is 2.42. The van der Waals surface area contributed by atoms with Crippen LogP contribution < -0.4 is 5.32 Å². The van der Waals surface area contributed by atoms with Gasteiger partial charge in [-0.05, 0) is 16.7 Å². The lowest BCUT2D eigenvalue weighted by Crippen LogP contribution is -2.67. The summed E-state index contributed by atoms with van der Waals surface area (Å²) in [4.78, 5) is 39.9. The first-order chi connectivity index (χ1) is 16.1. The molecule has 1 saturated heterocycles. The normalized spacial score (nSPS) is 18.1. The second kappa shape index (κ2) is 9.99. The Morgan fingerprint density at radius 1 is 0.909 bits per heavy atom. The number of likely N-dealkylation sites (tertiary alicyclic amines) is 1. The van der Waals surface area contributed by atoms with Gasteiger partial charge in [-0.15, -0.1) is 0 Å². The van der Waals surface area contributed by atoms with Crippen molar-refractivity contribution < 1.29 is 23.9 Å². The van der Waals surface area contributed by atoms with Crippen LogP contribution in [-0.4, -0.2) is 36.0 Å². The van der Waals surface area contributed by atoms with Crippen LogP contribution in [0.15, 0.2) is 91.0 Å². The van der Waals surface area contributed by atoms with Gasteiger partial charge in [-0.2, -0.15) is 0 Å². The van der Waals surface area contributed by atoms with Crippen LogP contribution in [0.4, 0.5) is 4.79 Å². The van der Waals surface area contributed by atoms with Gasteiger partial charge in [-0.25, -0.2) is 9.59 Å². The van der Waals surface area contributed by atoms with Crippen molar-refractivity contribution in [3.05, 3.63) is 108 Å². The van der Waals surface area contributed by atoms with Gasteiger partial charge in [0, 0.05) is 0 Å². The Hall–Kier alpha value is -4.13. The molecule has 0 saturated carbocycles. The Morgan fingerprint density at radius 2 is 1.48 bits per heavy atom. The van der Waals surface area contributed by atoms with Gasteiger partial charge in [-0.3, -0.25) is 4.79 Å². The zero-order valence-corrected chi connectivity index (χ0v) is 18.1. The molecule has 0 aliphatic carbocycles. The average Bonchev–Trinajstić information content (AvgIpc) is 2.87. The quantitative estimate of drug-likeness (QED) is 0.443. The molecule has 3 aromatic rings. The van der Waals surface area contributed by atoms with E-state index < -0.39 is 30.2 Å². The molecule has 1 heterocycles. The number of hydrogen-bond donors (Lipinski definition) is 1. The third-order valence-corrected chi connectivity index (χ3v) is 5.58. The Labute approximate surface area is 191 Å². The number of carbonyl (C=O) groups excluding carboxylic acids is 3. The Bertz CT molecular complexity index is 1110. The van der Waals surface area contributed by atoms with E-state index in [1.165, 1.54) is 12.0 Å². The fraction of sp³-hybridized carbons (Fsp3) is 0.192. The van der Waals surface area contributed by atoms with Gasteiger partial charge in [0.05, 0.1) is 13.2 Å². The van der Waals surface area contributed by atoms with E-state index >= 15 is 0 Å². The van der Waals surface area contributed by atoms with Crippen molar-refractivity contribution in [3.63, 3.8) is 0 Å². The SMILES string of the molecule is COC(=O)C(c1ccccc1)N1C(=O)C(NC(=O)OCc2ccccc2)C1c1ccccc1. The maximum atomic E-state index is 13.2. The molecule has 1 aliphatic rings. The molecule has 0 radical (unpaired) electrons. The number of alkyl carbamates (subject to hydrolysis) is 1. The van der Waals surface area contributed by atoms with E-state index in [2.05, 4.69) is 5.32 Å². The minimum Gasteiger partial charge on any atom is -0.467 e. The fourth-order valence-electron chi connectivity index (χ4n) is 3.99. The van der Waals surface area contributed by atoms with Crippen LogP contribution in [0.2, 0.25) is 0 Å². The summed E-state index contributed by atoms with van der Waals surface area (Å²) in [6, 6.07) is 25.1. The van der Waals surface area contributed by atoms with Crippen molar-refractivity contribution >= 4 is 18.0 Å². The number of benzene rings is 3. The van der Waals surface area contributed by atoms with Crippen LogP contribution in [-0.2, 0) is 25.7 Å². The third kappa shape index (κ3) is 4.72. The predicted molar refractivity (Wildman–Crippen MR) is 121 cm³/mol. The lowest BCUT2D eigenvalue weighted by atomic mass is 9.85. The number of β-lactam (4-membered cyclic amide) rings is 1. The molecule has 7 heteroatoms. The molecule has 7 nitrogen and oxygen atoms in total. The number of rotatable bonds is 7. The molecular weight excluding hydrogens is 420 g/mol. The molecule has 33 heavy (non-hydrogen) atoms. The third-order valence-electron chi connectivity index (χ3n) is 5.58. The number of nitrogens with zero attached hydrogens (tertiary/aromatic N) is 1. The zero-order valence-electron chi connectivity index (χ0n) is 18.1. The summed E-state index contributed by atoms with van der Waals surface area (Å²) in [7, 11) is 1.29. The fourth-order valence-corrected chi connectivity index (χ4v) is 3.99. The summed E-state index contributed by atoms with van der Waals surface area (Å²) in [5.74, 6) is -0.944. The van der Waals surface area contributed by atoms with Crippen molar-refractivity contribution in [2.24, 2.45) is 0 Å². The molecule has 3 aromatic carbocycles. The van der Waals surface area contributed by atoms with Crippen molar-refractivity contribution in [3.8, 4) is 0 Å². The summed E-state index contributed by atoms with van der Waals surface area (Å²) in [5, 5.41) is 2.67. The molecule has 0 bridgehead atoms. The largest absolute Gasteiger partial charge is 0.467 e. The molecule has 2 amide bonds. The summed E-state index contributed by atoms with van der Waals surface area (Å²) in [5.41, 5.74) is 2.25. The van der Waals surface area contributed by atoms with E-state index in [1.807, 2.05) is 66.7 Å². The molecule has 4 rings (SSSR count). The summed E-state index contributed by atoms with van der Waals surface area (Å²) >= 11 is 0. The number of methoxy groups -OCH3 is 1. The topological polar surface area (TPSA) is 84.9 Å². The monoisotopic (exact) mass is 444 g/mol. The first kappa shape index (κ1) is 22.1. The zero-order chi connectivity index (χ0) is 23.2. The van der Waals surface area contributed by atoms with Gasteiger partial charge in [0.1, 0.15) is 12.6 Å². The number of amides is 2. The average molecular weight is 444 g/mol. The first-order valence-corrected chi connectivity index (χ1v) is 10.6. The number of ether oxygens (including phenoxy) is 2. The molecule has 1 aliphatic heterocycles. The number of nitrogens with one attached hydrogen (secondary N) is 1. The maximum absolute atomic E-state index is 13.2. The number of carbonyl (C=O) groups is 3. The van der Waals surface area contributed by atoms with E-state index in [9.17, 15) is 14.4 Å². The smallest absolute Gasteiger partial charge is 0.408 e.